The number of hydrogen-bond donors (Lipinski definition) is 2. The highest BCUT2D eigenvalue weighted by Crippen LogP contribution is 2.20. The Morgan fingerprint density at radius 1 is 1.00 bits per heavy atom. The van der Waals surface area contributed by atoms with Crippen molar-refractivity contribution in [2.75, 3.05) is 17.2 Å². The van der Waals surface area contributed by atoms with E-state index in [4.69, 9.17) is 4.74 Å². The van der Waals surface area contributed by atoms with Crippen LogP contribution in [0.2, 0.25) is 0 Å². The Labute approximate surface area is 153 Å². The van der Waals surface area contributed by atoms with Crippen molar-refractivity contribution in [3.63, 3.8) is 0 Å². The van der Waals surface area contributed by atoms with Gasteiger partial charge in [0.25, 0.3) is 5.91 Å². The molecule has 0 atom stereocenters. The molecule has 26 heavy (non-hydrogen) atoms. The third-order valence-corrected chi connectivity index (χ3v) is 3.84. The standard InChI is InChI=1S/C21H21N3O2/c1-3-26-18-11-8-16(9-12-18)23-17-10-13-20(22-14-17)21(25)24-19-7-5-4-6-15(19)2/h4-14,23H,3H2,1-2H3,(H,24,25). The summed E-state index contributed by atoms with van der Waals surface area (Å²) in [5.74, 6) is 0.603. The molecule has 0 aliphatic carbocycles. The minimum Gasteiger partial charge on any atom is -0.494 e. The largest absolute Gasteiger partial charge is 0.494 e. The zero-order valence-corrected chi connectivity index (χ0v) is 14.8. The van der Waals surface area contributed by atoms with Crippen LogP contribution in [0, 0.1) is 6.92 Å². The van der Waals surface area contributed by atoms with E-state index in [0.29, 0.717) is 12.3 Å². The summed E-state index contributed by atoms with van der Waals surface area (Å²) in [6.45, 7) is 4.55. The number of hydrogen-bond acceptors (Lipinski definition) is 4. The molecular formula is C21H21N3O2. The molecule has 1 aromatic heterocycles. The normalized spacial score (nSPS) is 10.2. The van der Waals surface area contributed by atoms with Gasteiger partial charge in [0.2, 0.25) is 0 Å². The molecule has 3 rings (SSSR count). The minimum atomic E-state index is -0.230. The first kappa shape index (κ1) is 17.5. The Morgan fingerprint density at radius 3 is 2.38 bits per heavy atom. The van der Waals surface area contributed by atoms with Crippen LogP contribution in [0.3, 0.4) is 0 Å². The third-order valence-electron chi connectivity index (χ3n) is 3.84. The number of benzene rings is 2. The number of carbonyl (C=O) groups excluding carboxylic acids is 1. The zero-order chi connectivity index (χ0) is 18.4. The minimum absolute atomic E-state index is 0.230. The summed E-state index contributed by atoms with van der Waals surface area (Å²) in [4.78, 5) is 16.6. The number of anilines is 3. The first-order valence-electron chi connectivity index (χ1n) is 8.48. The zero-order valence-electron chi connectivity index (χ0n) is 14.8. The average Bonchev–Trinajstić information content (AvgIpc) is 2.66. The number of aryl methyl sites for hydroxylation is 1. The SMILES string of the molecule is CCOc1ccc(Nc2ccc(C(=O)Nc3ccccc3C)nc2)cc1. The third kappa shape index (κ3) is 4.39. The van der Waals surface area contributed by atoms with Crippen LogP contribution >= 0.6 is 0 Å². The van der Waals surface area contributed by atoms with Crippen LogP contribution in [0.4, 0.5) is 17.1 Å². The molecule has 132 valence electrons. The fraction of sp³-hybridized carbons (Fsp3) is 0.143. The summed E-state index contributed by atoms with van der Waals surface area (Å²) in [7, 11) is 0. The van der Waals surface area contributed by atoms with Crippen LogP contribution in [-0.2, 0) is 0 Å². The fourth-order valence-electron chi connectivity index (χ4n) is 2.47. The number of carbonyl (C=O) groups is 1. The molecule has 2 aromatic carbocycles. The van der Waals surface area contributed by atoms with Crippen LogP contribution in [0.25, 0.3) is 0 Å². The van der Waals surface area contributed by atoms with Crippen LogP contribution in [0.1, 0.15) is 23.0 Å². The van der Waals surface area contributed by atoms with Crippen molar-refractivity contribution >= 4 is 23.0 Å². The molecule has 0 saturated carbocycles. The number of ether oxygens (including phenoxy) is 1. The predicted octanol–water partition coefficient (Wildman–Crippen LogP) is 4.78. The lowest BCUT2D eigenvalue weighted by Crippen LogP contribution is -2.14. The second-order valence-electron chi connectivity index (χ2n) is 5.78. The molecule has 0 spiro atoms. The smallest absolute Gasteiger partial charge is 0.274 e. The summed E-state index contributed by atoms with van der Waals surface area (Å²) in [6, 6.07) is 18.9. The van der Waals surface area contributed by atoms with Gasteiger partial charge >= 0.3 is 0 Å². The lowest BCUT2D eigenvalue weighted by molar-refractivity contribution is 0.102. The molecule has 0 aliphatic rings. The number of rotatable bonds is 6. The second kappa shape index (κ2) is 8.16. The van der Waals surface area contributed by atoms with Crippen LogP contribution < -0.4 is 15.4 Å². The summed E-state index contributed by atoms with van der Waals surface area (Å²) in [5, 5.41) is 6.13. The van der Waals surface area contributed by atoms with Gasteiger partial charge in [-0.25, -0.2) is 4.98 Å². The van der Waals surface area contributed by atoms with Crippen molar-refractivity contribution in [2.45, 2.75) is 13.8 Å². The maximum Gasteiger partial charge on any atom is 0.274 e. The maximum atomic E-state index is 12.3. The number of nitrogens with zero attached hydrogens (tertiary/aromatic N) is 1. The van der Waals surface area contributed by atoms with Gasteiger partial charge in [0.15, 0.2) is 0 Å². The Balaban J connectivity index is 1.64. The monoisotopic (exact) mass is 347 g/mol. The van der Waals surface area contributed by atoms with Crippen molar-refractivity contribution in [3.8, 4) is 5.75 Å². The molecule has 1 heterocycles. The van der Waals surface area contributed by atoms with E-state index in [9.17, 15) is 4.79 Å². The Morgan fingerprint density at radius 2 is 1.73 bits per heavy atom. The predicted molar refractivity (Wildman–Crippen MR) is 104 cm³/mol. The molecule has 3 aromatic rings. The van der Waals surface area contributed by atoms with Crippen molar-refractivity contribution in [1.82, 2.24) is 4.98 Å². The van der Waals surface area contributed by atoms with E-state index in [-0.39, 0.29) is 5.91 Å². The Hall–Kier alpha value is -3.34. The molecule has 1 amide bonds. The molecule has 0 unspecified atom stereocenters. The van der Waals surface area contributed by atoms with E-state index >= 15 is 0 Å². The molecule has 5 nitrogen and oxygen atoms in total. The van der Waals surface area contributed by atoms with E-state index in [1.165, 1.54) is 0 Å². The highest BCUT2D eigenvalue weighted by molar-refractivity contribution is 6.03. The summed E-state index contributed by atoms with van der Waals surface area (Å²) in [5.41, 5.74) is 3.89. The number of amides is 1. The number of pyridine rings is 1. The lowest BCUT2D eigenvalue weighted by atomic mass is 10.2. The summed E-state index contributed by atoms with van der Waals surface area (Å²) < 4.78 is 5.43. The van der Waals surface area contributed by atoms with E-state index < -0.39 is 0 Å². The highest BCUT2D eigenvalue weighted by atomic mass is 16.5. The van der Waals surface area contributed by atoms with Crippen LogP contribution in [0.5, 0.6) is 5.75 Å². The molecular weight excluding hydrogens is 326 g/mol. The van der Waals surface area contributed by atoms with Crippen LogP contribution in [0.15, 0.2) is 66.9 Å². The van der Waals surface area contributed by atoms with E-state index in [2.05, 4.69) is 15.6 Å². The van der Waals surface area contributed by atoms with E-state index in [0.717, 1.165) is 28.4 Å². The second-order valence-corrected chi connectivity index (χ2v) is 5.78. The maximum absolute atomic E-state index is 12.3. The molecule has 0 bridgehead atoms. The quantitative estimate of drug-likeness (QED) is 0.673. The molecule has 0 saturated heterocycles. The van der Waals surface area contributed by atoms with E-state index in [1.54, 1.807) is 12.3 Å². The molecule has 0 radical (unpaired) electrons. The molecule has 0 aliphatic heterocycles. The van der Waals surface area contributed by atoms with Gasteiger partial charge in [-0.15, -0.1) is 0 Å². The van der Waals surface area contributed by atoms with Gasteiger partial charge in [0.1, 0.15) is 11.4 Å². The summed E-state index contributed by atoms with van der Waals surface area (Å²) >= 11 is 0. The summed E-state index contributed by atoms with van der Waals surface area (Å²) in [6.07, 6.45) is 1.64. The molecule has 0 fully saturated rings. The van der Waals surface area contributed by atoms with Gasteiger partial charge in [0, 0.05) is 11.4 Å². The number of aromatic nitrogens is 1. The van der Waals surface area contributed by atoms with Gasteiger partial charge in [0.05, 0.1) is 18.5 Å². The first-order chi connectivity index (χ1) is 12.7. The van der Waals surface area contributed by atoms with Crippen molar-refractivity contribution < 1.29 is 9.53 Å². The van der Waals surface area contributed by atoms with Gasteiger partial charge in [-0.3, -0.25) is 4.79 Å². The van der Waals surface area contributed by atoms with E-state index in [1.807, 2.05) is 68.4 Å². The Bertz CT molecular complexity index is 875. The number of nitrogens with one attached hydrogen (secondary N) is 2. The van der Waals surface area contributed by atoms with Gasteiger partial charge in [-0.1, -0.05) is 18.2 Å². The van der Waals surface area contributed by atoms with Crippen molar-refractivity contribution in [2.24, 2.45) is 0 Å². The first-order valence-corrected chi connectivity index (χ1v) is 8.48. The Kier molecular flexibility index (Phi) is 5.49. The topological polar surface area (TPSA) is 63.2 Å². The number of para-hydroxylation sites is 1. The van der Waals surface area contributed by atoms with Crippen LogP contribution in [-0.4, -0.2) is 17.5 Å². The van der Waals surface area contributed by atoms with Crippen molar-refractivity contribution in [1.29, 1.82) is 0 Å². The fourth-order valence-corrected chi connectivity index (χ4v) is 2.47. The van der Waals surface area contributed by atoms with Gasteiger partial charge in [-0.05, 0) is 61.9 Å². The van der Waals surface area contributed by atoms with Gasteiger partial charge < -0.3 is 15.4 Å². The molecule has 2 N–H and O–H groups in total. The highest BCUT2D eigenvalue weighted by Gasteiger charge is 2.09. The van der Waals surface area contributed by atoms with Crippen molar-refractivity contribution in [3.05, 3.63) is 78.1 Å². The lowest BCUT2D eigenvalue weighted by Gasteiger charge is -2.09. The average molecular weight is 347 g/mol. The molecule has 5 heteroatoms. The van der Waals surface area contributed by atoms with Gasteiger partial charge in [-0.2, -0.15) is 0 Å².